The molecule has 1 aromatic rings. The quantitative estimate of drug-likeness (QED) is 0.861. The molecular formula is C20H28N4O. The number of anilines is 1. The van der Waals surface area contributed by atoms with Gasteiger partial charge in [0.1, 0.15) is 11.4 Å². The van der Waals surface area contributed by atoms with Crippen molar-refractivity contribution in [2.24, 2.45) is 24.8 Å². The predicted octanol–water partition coefficient (Wildman–Crippen LogP) is 2.89. The van der Waals surface area contributed by atoms with Crippen molar-refractivity contribution in [2.45, 2.75) is 51.0 Å². The zero-order valence-electron chi connectivity index (χ0n) is 15.1. The molecule has 4 unspecified atom stereocenters. The number of fused-ring (bicyclic) bond motifs is 1. The third kappa shape index (κ3) is 2.51. The van der Waals surface area contributed by atoms with Crippen LogP contribution in [-0.4, -0.2) is 34.8 Å². The van der Waals surface area contributed by atoms with Crippen molar-refractivity contribution in [1.82, 2.24) is 15.1 Å². The Morgan fingerprint density at radius 3 is 2.92 bits per heavy atom. The first-order valence-electron chi connectivity index (χ1n) is 9.97. The van der Waals surface area contributed by atoms with E-state index in [0.29, 0.717) is 12.0 Å². The first-order valence-corrected chi connectivity index (χ1v) is 9.97. The van der Waals surface area contributed by atoms with E-state index in [1.54, 1.807) is 11.8 Å². The number of aryl methyl sites for hydroxylation is 1. The van der Waals surface area contributed by atoms with Gasteiger partial charge < -0.3 is 10.2 Å². The van der Waals surface area contributed by atoms with E-state index in [9.17, 15) is 4.79 Å². The lowest BCUT2D eigenvalue weighted by Gasteiger charge is -2.29. The summed E-state index contributed by atoms with van der Waals surface area (Å²) in [6.07, 6.45) is 12.9. The summed E-state index contributed by atoms with van der Waals surface area (Å²) in [5.74, 6) is 3.35. The van der Waals surface area contributed by atoms with Crippen LogP contribution in [0.2, 0.25) is 0 Å². The summed E-state index contributed by atoms with van der Waals surface area (Å²) in [6.45, 7) is 2.06. The van der Waals surface area contributed by atoms with Crippen molar-refractivity contribution in [1.29, 1.82) is 0 Å². The number of nitrogens with one attached hydrogen (secondary N) is 1. The van der Waals surface area contributed by atoms with E-state index in [1.165, 1.54) is 38.5 Å². The highest BCUT2D eigenvalue weighted by molar-refractivity contribution is 5.99. The van der Waals surface area contributed by atoms with Crippen molar-refractivity contribution < 1.29 is 4.79 Å². The Bertz CT molecular complexity index is 715. The van der Waals surface area contributed by atoms with Crippen LogP contribution in [0.3, 0.4) is 0 Å². The highest BCUT2D eigenvalue weighted by Gasteiger charge is 2.48. The van der Waals surface area contributed by atoms with Crippen LogP contribution in [0.25, 0.3) is 0 Å². The molecule has 0 aromatic carbocycles. The first-order chi connectivity index (χ1) is 12.2. The van der Waals surface area contributed by atoms with Crippen molar-refractivity contribution in [3.8, 4) is 0 Å². The van der Waals surface area contributed by atoms with Crippen molar-refractivity contribution in [2.75, 3.05) is 18.0 Å². The summed E-state index contributed by atoms with van der Waals surface area (Å²) in [6, 6.07) is 0.323. The summed E-state index contributed by atoms with van der Waals surface area (Å²) in [5.41, 5.74) is 2.37. The number of piperidine rings is 1. The van der Waals surface area contributed by atoms with Gasteiger partial charge >= 0.3 is 0 Å². The zero-order valence-corrected chi connectivity index (χ0v) is 15.1. The molecule has 3 aliphatic carbocycles. The van der Waals surface area contributed by atoms with Gasteiger partial charge in [0.05, 0.1) is 6.20 Å². The summed E-state index contributed by atoms with van der Waals surface area (Å²) in [5, 5.41) is 7.78. The second-order valence-electron chi connectivity index (χ2n) is 8.46. The number of nitrogens with zero attached hydrogens (tertiary/aromatic N) is 3. The SMILES string of the molecule is Cn1ncc(C(=O)NC2CC3=CCC4CC3C2C4)c1N1CCCCC1. The van der Waals surface area contributed by atoms with Gasteiger partial charge in [-0.1, -0.05) is 11.6 Å². The molecule has 1 N–H and O–H groups in total. The van der Waals surface area contributed by atoms with Crippen LogP contribution in [0.4, 0.5) is 5.82 Å². The molecule has 1 amide bonds. The Kier molecular flexibility index (Phi) is 3.64. The van der Waals surface area contributed by atoms with Crippen LogP contribution in [0, 0.1) is 17.8 Å². The Morgan fingerprint density at radius 2 is 2.08 bits per heavy atom. The number of carbonyl (C=O) groups is 1. The molecule has 2 bridgehead atoms. The van der Waals surface area contributed by atoms with Crippen LogP contribution in [-0.2, 0) is 7.05 Å². The largest absolute Gasteiger partial charge is 0.356 e. The van der Waals surface area contributed by atoms with Crippen molar-refractivity contribution in [3.63, 3.8) is 0 Å². The molecule has 0 spiro atoms. The van der Waals surface area contributed by atoms with Gasteiger partial charge in [-0.05, 0) is 62.7 Å². The lowest BCUT2D eigenvalue weighted by atomic mass is 9.89. The minimum atomic E-state index is 0.0719. The lowest BCUT2D eigenvalue weighted by molar-refractivity contribution is 0.0926. The third-order valence-corrected chi connectivity index (χ3v) is 7.00. The third-order valence-electron chi connectivity index (χ3n) is 7.00. The normalized spacial score (nSPS) is 33.5. The highest BCUT2D eigenvalue weighted by Crippen LogP contribution is 2.54. The van der Waals surface area contributed by atoms with Gasteiger partial charge in [0.2, 0.25) is 0 Å². The molecule has 1 aliphatic heterocycles. The Hall–Kier alpha value is -1.78. The number of carbonyl (C=O) groups excluding carboxylic acids is 1. The van der Waals surface area contributed by atoms with Crippen molar-refractivity contribution >= 4 is 11.7 Å². The smallest absolute Gasteiger partial charge is 0.256 e. The van der Waals surface area contributed by atoms with Gasteiger partial charge in [-0.15, -0.1) is 0 Å². The van der Waals surface area contributed by atoms with E-state index in [2.05, 4.69) is 21.4 Å². The fraction of sp³-hybridized carbons (Fsp3) is 0.700. The lowest BCUT2D eigenvalue weighted by Crippen LogP contribution is -2.39. The van der Waals surface area contributed by atoms with E-state index < -0.39 is 0 Å². The molecule has 2 saturated carbocycles. The molecule has 134 valence electrons. The van der Waals surface area contributed by atoms with Gasteiger partial charge in [-0.3, -0.25) is 9.48 Å². The maximum atomic E-state index is 13.1. The summed E-state index contributed by atoms with van der Waals surface area (Å²) in [4.78, 5) is 15.4. The van der Waals surface area contributed by atoms with Gasteiger partial charge in [-0.2, -0.15) is 5.10 Å². The standard InChI is InChI=1S/C20H28N4O/c1-23-20(24-7-3-2-4-8-24)17(12-21-23)19(25)22-18-11-14-6-5-13-9-15(14)16(18)10-13/h6,12-13,15-16,18H,2-5,7-11H2,1H3,(H,22,25). The van der Waals surface area contributed by atoms with Gasteiger partial charge in [0.25, 0.3) is 5.91 Å². The Balaban J connectivity index is 1.35. The highest BCUT2D eigenvalue weighted by atomic mass is 16.1. The molecule has 4 aliphatic rings. The van der Waals surface area contributed by atoms with E-state index in [0.717, 1.165) is 42.7 Å². The van der Waals surface area contributed by atoms with Crippen molar-refractivity contribution in [3.05, 3.63) is 23.4 Å². The van der Waals surface area contributed by atoms with Crippen LogP contribution >= 0.6 is 0 Å². The maximum Gasteiger partial charge on any atom is 0.256 e. The monoisotopic (exact) mass is 340 g/mol. The molecule has 5 rings (SSSR count). The number of aromatic nitrogens is 2. The van der Waals surface area contributed by atoms with E-state index in [-0.39, 0.29) is 5.91 Å². The molecule has 0 radical (unpaired) electrons. The average Bonchev–Trinajstić information content (AvgIpc) is 3.26. The van der Waals surface area contributed by atoms with E-state index in [1.807, 2.05) is 11.7 Å². The molecule has 25 heavy (non-hydrogen) atoms. The molecule has 4 atom stereocenters. The number of amides is 1. The fourth-order valence-electron chi connectivity index (χ4n) is 5.83. The molecule has 5 nitrogen and oxygen atoms in total. The molecule has 1 saturated heterocycles. The number of hydrogen-bond donors (Lipinski definition) is 1. The van der Waals surface area contributed by atoms with Gasteiger partial charge in [-0.25, -0.2) is 0 Å². The molecule has 1 aromatic heterocycles. The second kappa shape index (κ2) is 5.89. The Morgan fingerprint density at radius 1 is 1.24 bits per heavy atom. The van der Waals surface area contributed by atoms with E-state index >= 15 is 0 Å². The molecular weight excluding hydrogens is 312 g/mol. The first kappa shape index (κ1) is 15.5. The van der Waals surface area contributed by atoms with E-state index in [4.69, 9.17) is 0 Å². The number of allylic oxidation sites excluding steroid dienone is 1. The topological polar surface area (TPSA) is 50.2 Å². The zero-order chi connectivity index (χ0) is 17.0. The van der Waals surface area contributed by atoms with Gasteiger partial charge in [0.15, 0.2) is 0 Å². The Labute approximate surface area is 149 Å². The molecule has 5 heteroatoms. The molecule has 2 heterocycles. The summed E-state index contributed by atoms with van der Waals surface area (Å²) < 4.78 is 1.87. The van der Waals surface area contributed by atoms with Crippen LogP contribution in [0.15, 0.2) is 17.8 Å². The van der Waals surface area contributed by atoms with Crippen LogP contribution in [0.1, 0.15) is 55.3 Å². The number of rotatable bonds is 3. The maximum absolute atomic E-state index is 13.1. The minimum absolute atomic E-state index is 0.0719. The summed E-state index contributed by atoms with van der Waals surface area (Å²) >= 11 is 0. The number of hydrogen-bond acceptors (Lipinski definition) is 3. The van der Waals surface area contributed by atoms with Crippen LogP contribution < -0.4 is 10.2 Å². The van der Waals surface area contributed by atoms with Gasteiger partial charge in [0, 0.05) is 26.2 Å². The van der Waals surface area contributed by atoms with Crippen LogP contribution in [0.5, 0.6) is 0 Å². The summed E-state index contributed by atoms with van der Waals surface area (Å²) in [7, 11) is 1.95. The fourth-order valence-corrected chi connectivity index (χ4v) is 5.83. The predicted molar refractivity (Wildman–Crippen MR) is 97.5 cm³/mol. The molecule has 3 fully saturated rings. The average molecular weight is 340 g/mol. The minimum Gasteiger partial charge on any atom is -0.356 e. The second-order valence-corrected chi connectivity index (χ2v) is 8.46.